The molecule has 3 nitrogen and oxygen atoms in total. The lowest BCUT2D eigenvalue weighted by Crippen LogP contribution is -2.50. The Morgan fingerprint density at radius 1 is 1.18 bits per heavy atom. The highest BCUT2D eigenvalue weighted by molar-refractivity contribution is 9.09. The lowest BCUT2D eigenvalue weighted by atomic mass is 9.49. The van der Waals surface area contributed by atoms with Crippen molar-refractivity contribution in [3.05, 3.63) is 59.2 Å². The zero-order valence-electron chi connectivity index (χ0n) is 20.4. The number of halogens is 1. The summed E-state index contributed by atoms with van der Waals surface area (Å²) in [6.07, 6.45) is 2.96. The van der Waals surface area contributed by atoms with Crippen LogP contribution < -0.4 is 0 Å². The van der Waals surface area contributed by atoms with Gasteiger partial charge in [0.25, 0.3) is 0 Å². The number of aryl methyl sites for hydroxylation is 1. The van der Waals surface area contributed by atoms with E-state index in [1.54, 1.807) is 7.11 Å². The molecule has 1 saturated carbocycles. The summed E-state index contributed by atoms with van der Waals surface area (Å²) in [4.78, 5) is 13.4. The van der Waals surface area contributed by atoms with Crippen molar-refractivity contribution >= 4 is 32.8 Å². The van der Waals surface area contributed by atoms with E-state index in [2.05, 4.69) is 90.7 Å². The standard InChI is InChI=1S/C29H34BrNO2/c1-18(2)19-11-12-22-21(17-19)25-24(20-9-6-7-10-23(20)31(25)16-15-30)26-28(22,3)13-8-14-29(26,4)27(32)33-5/h6-7,9-12,17-18,26H,8,13-16H2,1-5H3/t26?,28-,29-/m1/s1. The van der Waals surface area contributed by atoms with Gasteiger partial charge in [0.05, 0.1) is 18.2 Å². The molecule has 33 heavy (non-hydrogen) atoms. The molecule has 0 spiro atoms. The van der Waals surface area contributed by atoms with Gasteiger partial charge in [-0.2, -0.15) is 0 Å². The number of esters is 1. The third-order valence-corrected chi connectivity index (χ3v) is 8.86. The summed E-state index contributed by atoms with van der Waals surface area (Å²) in [5.41, 5.74) is 7.31. The van der Waals surface area contributed by atoms with Crippen LogP contribution in [0.2, 0.25) is 0 Å². The Hall–Kier alpha value is -2.07. The minimum Gasteiger partial charge on any atom is -0.469 e. The average Bonchev–Trinajstić information content (AvgIpc) is 3.12. The number of ether oxygens (including phenoxy) is 1. The van der Waals surface area contributed by atoms with E-state index in [4.69, 9.17) is 4.74 Å². The van der Waals surface area contributed by atoms with Crippen molar-refractivity contribution in [2.75, 3.05) is 12.4 Å². The molecule has 0 bridgehead atoms. The molecule has 0 saturated heterocycles. The molecule has 1 heterocycles. The number of methoxy groups -OCH3 is 1. The van der Waals surface area contributed by atoms with Gasteiger partial charge in [-0.25, -0.2) is 0 Å². The second kappa shape index (κ2) is 8.01. The fraction of sp³-hybridized carbons (Fsp3) is 0.483. The number of fused-ring (bicyclic) bond motifs is 8. The number of rotatable bonds is 4. The van der Waals surface area contributed by atoms with Gasteiger partial charge in [0.1, 0.15) is 0 Å². The van der Waals surface area contributed by atoms with Gasteiger partial charge < -0.3 is 9.30 Å². The van der Waals surface area contributed by atoms with Crippen LogP contribution in [0.4, 0.5) is 0 Å². The third-order valence-electron chi connectivity index (χ3n) is 8.51. The number of alkyl halides is 1. The molecule has 2 aromatic carbocycles. The summed E-state index contributed by atoms with van der Waals surface area (Å²) >= 11 is 3.70. The first-order valence-corrected chi connectivity index (χ1v) is 13.3. The molecule has 3 aromatic rings. The van der Waals surface area contributed by atoms with E-state index in [1.165, 1.54) is 38.9 Å². The van der Waals surface area contributed by atoms with Crippen molar-refractivity contribution in [2.24, 2.45) is 5.41 Å². The quantitative estimate of drug-likeness (QED) is 0.269. The van der Waals surface area contributed by atoms with Crippen LogP contribution in [0.5, 0.6) is 0 Å². The fourth-order valence-electron chi connectivity index (χ4n) is 7.04. The number of aromatic nitrogens is 1. The van der Waals surface area contributed by atoms with Gasteiger partial charge in [0.15, 0.2) is 0 Å². The number of carbonyl (C=O) groups is 1. The van der Waals surface area contributed by atoms with Crippen LogP contribution in [0.1, 0.15) is 75.5 Å². The predicted octanol–water partition coefficient (Wildman–Crippen LogP) is 7.54. The molecule has 0 amide bonds. The Kier molecular flexibility index (Phi) is 5.51. The zero-order chi connectivity index (χ0) is 23.5. The van der Waals surface area contributed by atoms with E-state index in [1.807, 2.05) is 0 Å². The van der Waals surface area contributed by atoms with E-state index in [-0.39, 0.29) is 17.3 Å². The molecule has 174 valence electrons. The van der Waals surface area contributed by atoms with Crippen LogP contribution in [-0.4, -0.2) is 23.0 Å². The Bertz CT molecular complexity index is 1240. The molecule has 1 fully saturated rings. The van der Waals surface area contributed by atoms with Crippen LogP contribution in [0, 0.1) is 5.41 Å². The number of hydrogen-bond donors (Lipinski definition) is 0. The van der Waals surface area contributed by atoms with Crippen molar-refractivity contribution in [3.63, 3.8) is 0 Å². The largest absolute Gasteiger partial charge is 0.469 e. The number of carbonyl (C=O) groups excluding carboxylic acids is 1. The van der Waals surface area contributed by atoms with Gasteiger partial charge in [-0.15, -0.1) is 0 Å². The van der Waals surface area contributed by atoms with Crippen LogP contribution in [0.15, 0.2) is 42.5 Å². The molecule has 2 aliphatic rings. The number of hydrogen-bond acceptors (Lipinski definition) is 2. The summed E-state index contributed by atoms with van der Waals surface area (Å²) in [5, 5.41) is 2.16. The molecular weight excluding hydrogens is 474 g/mol. The minimum absolute atomic E-state index is 0.0695. The Morgan fingerprint density at radius 2 is 1.94 bits per heavy atom. The maximum Gasteiger partial charge on any atom is 0.312 e. The molecule has 0 aliphatic heterocycles. The second-order valence-electron chi connectivity index (χ2n) is 10.7. The fourth-order valence-corrected chi connectivity index (χ4v) is 7.39. The highest BCUT2D eigenvalue weighted by atomic mass is 79.9. The van der Waals surface area contributed by atoms with E-state index in [0.717, 1.165) is 31.1 Å². The van der Waals surface area contributed by atoms with Gasteiger partial charge in [0, 0.05) is 39.7 Å². The first kappa shape index (κ1) is 22.7. The Labute approximate surface area is 205 Å². The van der Waals surface area contributed by atoms with Crippen molar-refractivity contribution in [2.45, 2.75) is 70.8 Å². The summed E-state index contributed by atoms with van der Waals surface area (Å²) in [6.45, 7) is 9.96. The van der Waals surface area contributed by atoms with E-state index in [9.17, 15) is 4.79 Å². The number of benzene rings is 2. The Balaban J connectivity index is 1.94. The normalized spacial score (nSPS) is 26.1. The number of nitrogens with zero attached hydrogens (tertiary/aromatic N) is 1. The average molecular weight is 509 g/mol. The third kappa shape index (κ3) is 3.09. The van der Waals surface area contributed by atoms with E-state index >= 15 is 0 Å². The molecule has 4 heteroatoms. The lowest BCUT2D eigenvalue weighted by Gasteiger charge is -2.54. The molecular formula is C29H34BrNO2. The second-order valence-corrected chi connectivity index (χ2v) is 11.5. The van der Waals surface area contributed by atoms with Crippen LogP contribution in [-0.2, 0) is 21.5 Å². The molecule has 5 rings (SSSR count). The van der Waals surface area contributed by atoms with Crippen LogP contribution in [0.3, 0.4) is 0 Å². The predicted molar refractivity (Wildman–Crippen MR) is 139 cm³/mol. The number of para-hydroxylation sites is 1. The SMILES string of the molecule is COC(=O)[C@]1(C)CCC[C@]2(C)c3ccc(C(C)C)cc3-c3c(c4ccccc4n3CCBr)C12. The van der Waals surface area contributed by atoms with Gasteiger partial charge in [-0.3, -0.25) is 4.79 Å². The van der Waals surface area contributed by atoms with Crippen molar-refractivity contribution in [3.8, 4) is 11.3 Å². The summed E-state index contributed by atoms with van der Waals surface area (Å²) in [6, 6.07) is 15.8. The molecule has 2 aliphatic carbocycles. The van der Waals surface area contributed by atoms with Gasteiger partial charge in [-0.1, -0.05) is 73.5 Å². The first-order chi connectivity index (χ1) is 15.8. The Morgan fingerprint density at radius 3 is 2.64 bits per heavy atom. The first-order valence-electron chi connectivity index (χ1n) is 12.2. The van der Waals surface area contributed by atoms with E-state index in [0.29, 0.717) is 5.92 Å². The van der Waals surface area contributed by atoms with Crippen molar-refractivity contribution < 1.29 is 9.53 Å². The highest BCUT2D eigenvalue weighted by Gasteiger charge is 2.58. The van der Waals surface area contributed by atoms with Crippen LogP contribution in [0.25, 0.3) is 22.2 Å². The molecule has 3 atom stereocenters. The maximum absolute atomic E-state index is 13.4. The topological polar surface area (TPSA) is 31.2 Å². The van der Waals surface area contributed by atoms with Crippen molar-refractivity contribution in [1.29, 1.82) is 0 Å². The van der Waals surface area contributed by atoms with Crippen LogP contribution >= 0.6 is 15.9 Å². The minimum atomic E-state index is -0.561. The zero-order valence-corrected chi connectivity index (χ0v) is 22.0. The molecule has 0 radical (unpaired) electrons. The summed E-state index contributed by atoms with van der Waals surface area (Å²) in [7, 11) is 1.54. The highest BCUT2D eigenvalue weighted by Crippen LogP contribution is 2.65. The van der Waals surface area contributed by atoms with Crippen molar-refractivity contribution in [1.82, 2.24) is 4.57 Å². The molecule has 0 N–H and O–H groups in total. The summed E-state index contributed by atoms with van der Waals surface area (Å²) in [5.74, 6) is 0.453. The van der Waals surface area contributed by atoms with E-state index < -0.39 is 5.41 Å². The summed E-state index contributed by atoms with van der Waals surface area (Å²) < 4.78 is 7.93. The van der Waals surface area contributed by atoms with Gasteiger partial charge in [-0.05, 0) is 54.5 Å². The monoisotopic (exact) mass is 507 g/mol. The molecule has 1 unspecified atom stereocenters. The lowest BCUT2D eigenvalue weighted by molar-refractivity contribution is -0.157. The van der Waals surface area contributed by atoms with Gasteiger partial charge in [0.2, 0.25) is 0 Å². The smallest absolute Gasteiger partial charge is 0.312 e. The van der Waals surface area contributed by atoms with Gasteiger partial charge >= 0.3 is 5.97 Å². The maximum atomic E-state index is 13.4. The molecule has 1 aromatic heterocycles.